The number of aliphatic hydroxyl groups is 1. The maximum Gasteiger partial charge on any atom is 0.119 e. The molecular weight excluding hydrogens is 216 g/mol. The summed E-state index contributed by atoms with van der Waals surface area (Å²) in [6.45, 7) is 0. The number of aromatic hydroxyl groups is 2. The van der Waals surface area contributed by atoms with Crippen LogP contribution in [0.2, 0.25) is 0 Å². The smallest absolute Gasteiger partial charge is 0.119 e. The Morgan fingerprint density at radius 2 is 1.53 bits per heavy atom. The fourth-order valence-electron chi connectivity index (χ4n) is 1.98. The Morgan fingerprint density at radius 3 is 2.12 bits per heavy atom. The standard InChI is InChI=1S/C14H16O3/c15-12-5-3-10(4-6-12)1-2-11-7-13(16)9-14(17)8-11/h3,5,7-9,15-17H,1-2,4,6H2. The molecule has 0 atom stereocenters. The number of aliphatic hydroxyl groups excluding tert-OH is 1. The zero-order valence-corrected chi connectivity index (χ0v) is 9.56. The Balaban J connectivity index is 1.98. The summed E-state index contributed by atoms with van der Waals surface area (Å²) in [5.41, 5.74) is 2.20. The molecule has 90 valence electrons. The molecule has 3 heteroatoms. The molecule has 17 heavy (non-hydrogen) atoms. The summed E-state index contributed by atoms with van der Waals surface area (Å²) >= 11 is 0. The van der Waals surface area contributed by atoms with Crippen molar-refractivity contribution in [1.29, 1.82) is 0 Å². The Morgan fingerprint density at radius 1 is 0.824 bits per heavy atom. The predicted molar refractivity (Wildman–Crippen MR) is 66.1 cm³/mol. The van der Waals surface area contributed by atoms with Crippen LogP contribution in [-0.4, -0.2) is 15.3 Å². The van der Waals surface area contributed by atoms with Gasteiger partial charge in [0, 0.05) is 12.5 Å². The minimum atomic E-state index is 0.0927. The molecule has 0 heterocycles. The molecular formula is C14H16O3. The van der Waals surface area contributed by atoms with Crippen LogP contribution in [0, 0.1) is 0 Å². The van der Waals surface area contributed by atoms with Gasteiger partial charge in [-0.15, -0.1) is 0 Å². The largest absolute Gasteiger partial charge is 0.512 e. The molecule has 0 aromatic heterocycles. The number of phenolic OH excluding ortho intramolecular Hbond substituents is 2. The first-order chi connectivity index (χ1) is 8.13. The van der Waals surface area contributed by atoms with E-state index in [1.165, 1.54) is 11.6 Å². The Bertz CT molecular complexity index is 452. The summed E-state index contributed by atoms with van der Waals surface area (Å²) < 4.78 is 0. The van der Waals surface area contributed by atoms with Gasteiger partial charge >= 0.3 is 0 Å². The van der Waals surface area contributed by atoms with Crippen LogP contribution in [0.1, 0.15) is 24.8 Å². The lowest BCUT2D eigenvalue weighted by Gasteiger charge is -2.11. The minimum Gasteiger partial charge on any atom is -0.512 e. The van der Waals surface area contributed by atoms with Crippen molar-refractivity contribution < 1.29 is 15.3 Å². The van der Waals surface area contributed by atoms with Gasteiger partial charge in [-0.2, -0.15) is 0 Å². The van der Waals surface area contributed by atoms with E-state index in [1.54, 1.807) is 18.2 Å². The molecule has 1 aromatic rings. The van der Waals surface area contributed by atoms with E-state index in [9.17, 15) is 15.3 Å². The van der Waals surface area contributed by atoms with Gasteiger partial charge in [-0.1, -0.05) is 11.6 Å². The quantitative estimate of drug-likeness (QED) is 0.750. The molecule has 0 radical (unpaired) electrons. The zero-order valence-electron chi connectivity index (χ0n) is 9.56. The van der Waals surface area contributed by atoms with Crippen LogP contribution >= 0.6 is 0 Å². The van der Waals surface area contributed by atoms with Crippen molar-refractivity contribution in [2.45, 2.75) is 25.7 Å². The van der Waals surface area contributed by atoms with E-state index in [0.29, 0.717) is 12.2 Å². The number of hydrogen-bond donors (Lipinski definition) is 3. The second-order valence-electron chi connectivity index (χ2n) is 4.34. The number of aryl methyl sites for hydroxylation is 1. The third-order valence-corrected chi connectivity index (χ3v) is 2.91. The van der Waals surface area contributed by atoms with Gasteiger partial charge in [0.2, 0.25) is 0 Å². The summed E-state index contributed by atoms with van der Waals surface area (Å²) in [4.78, 5) is 0. The van der Waals surface area contributed by atoms with E-state index >= 15 is 0 Å². The van der Waals surface area contributed by atoms with Crippen LogP contribution in [0.3, 0.4) is 0 Å². The molecule has 0 bridgehead atoms. The van der Waals surface area contributed by atoms with Gasteiger partial charge in [-0.25, -0.2) is 0 Å². The third-order valence-electron chi connectivity index (χ3n) is 2.91. The average Bonchev–Trinajstić information content (AvgIpc) is 2.27. The summed E-state index contributed by atoms with van der Waals surface area (Å²) in [7, 11) is 0. The van der Waals surface area contributed by atoms with Crippen LogP contribution in [0.25, 0.3) is 0 Å². The van der Waals surface area contributed by atoms with Gasteiger partial charge in [-0.3, -0.25) is 0 Å². The van der Waals surface area contributed by atoms with Gasteiger partial charge < -0.3 is 15.3 Å². The Labute approximate surface area is 100 Å². The number of benzene rings is 1. The first-order valence-corrected chi connectivity index (χ1v) is 5.73. The van der Waals surface area contributed by atoms with Gasteiger partial charge in [0.05, 0.1) is 5.76 Å². The van der Waals surface area contributed by atoms with E-state index < -0.39 is 0 Å². The Kier molecular flexibility index (Phi) is 3.38. The SMILES string of the molecule is OC1=CC=C(CCc2cc(O)cc(O)c2)CC1. The third kappa shape index (κ3) is 3.28. The first kappa shape index (κ1) is 11.6. The topological polar surface area (TPSA) is 60.7 Å². The minimum absolute atomic E-state index is 0.0927. The number of hydrogen-bond acceptors (Lipinski definition) is 3. The van der Waals surface area contributed by atoms with Crippen molar-refractivity contribution in [1.82, 2.24) is 0 Å². The van der Waals surface area contributed by atoms with E-state index in [4.69, 9.17) is 0 Å². The highest BCUT2D eigenvalue weighted by Gasteiger charge is 2.06. The summed E-state index contributed by atoms with van der Waals surface area (Å²) in [6, 6.07) is 4.65. The van der Waals surface area contributed by atoms with Crippen LogP contribution in [0.15, 0.2) is 41.7 Å². The van der Waals surface area contributed by atoms with Gasteiger partial charge in [-0.05, 0) is 43.0 Å². The number of rotatable bonds is 3. The molecule has 0 fully saturated rings. The van der Waals surface area contributed by atoms with Crippen LogP contribution in [0.4, 0.5) is 0 Å². The summed E-state index contributed by atoms with van der Waals surface area (Å²) in [5, 5.41) is 27.9. The lowest BCUT2D eigenvalue weighted by Crippen LogP contribution is -1.95. The highest BCUT2D eigenvalue weighted by Crippen LogP contribution is 2.24. The molecule has 3 nitrogen and oxygen atoms in total. The molecule has 0 aliphatic heterocycles. The molecule has 0 unspecified atom stereocenters. The maximum atomic E-state index is 9.35. The highest BCUT2D eigenvalue weighted by atomic mass is 16.3. The molecule has 1 aliphatic rings. The normalized spacial score (nSPS) is 15.3. The van der Waals surface area contributed by atoms with Crippen molar-refractivity contribution in [3.8, 4) is 11.5 Å². The van der Waals surface area contributed by atoms with Gasteiger partial charge in [0.15, 0.2) is 0 Å². The first-order valence-electron chi connectivity index (χ1n) is 5.73. The lowest BCUT2D eigenvalue weighted by molar-refractivity contribution is 0.385. The van der Waals surface area contributed by atoms with Gasteiger partial charge in [0.25, 0.3) is 0 Å². The predicted octanol–water partition coefficient (Wildman–Crippen LogP) is 3.19. The van der Waals surface area contributed by atoms with E-state index in [2.05, 4.69) is 0 Å². The molecule has 1 aromatic carbocycles. The molecule has 0 amide bonds. The molecule has 1 aliphatic carbocycles. The van der Waals surface area contributed by atoms with Crippen molar-refractivity contribution >= 4 is 0 Å². The van der Waals surface area contributed by atoms with Crippen molar-refractivity contribution in [3.05, 3.63) is 47.2 Å². The van der Waals surface area contributed by atoms with Crippen LogP contribution in [0.5, 0.6) is 11.5 Å². The number of phenols is 2. The summed E-state index contributed by atoms with van der Waals surface area (Å²) in [5.74, 6) is 0.620. The average molecular weight is 232 g/mol. The monoisotopic (exact) mass is 232 g/mol. The second kappa shape index (κ2) is 4.95. The lowest BCUT2D eigenvalue weighted by atomic mass is 9.97. The van der Waals surface area contributed by atoms with Gasteiger partial charge in [0.1, 0.15) is 11.5 Å². The van der Waals surface area contributed by atoms with Crippen molar-refractivity contribution in [2.75, 3.05) is 0 Å². The van der Waals surface area contributed by atoms with Crippen LogP contribution in [-0.2, 0) is 6.42 Å². The Hall–Kier alpha value is -1.90. The second-order valence-corrected chi connectivity index (χ2v) is 4.34. The van der Waals surface area contributed by atoms with Crippen molar-refractivity contribution in [3.63, 3.8) is 0 Å². The van der Waals surface area contributed by atoms with Crippen molar-refractivity contribution in [2.24, 2.45) is 0 Å². The van der Waals surface area contributed by atoms with Crippen LogP contribution < -0.4 is 0 Å². The van der Waals surface area contributed by atoms with E-state index in [0.717, 1.165) is 24.8 Å². The van der Waals surface area contributed by atoms with E-state index in [-0.39, 0.29) is 11.5 Å². The fraction of sp³-hybridized carbons (Fsp3) is 0.286. The van der Waals surface area contributed by atoms with E-state index in [1.807, 2.05) is 6.08 Å². The molecule has 0 saturated carbocycles. The molecule has 2 rings (SSSR count). The fourth-order valence-corrected chi connectivity index (χ4v) is 1.98. The number of allylic oxidation sites excluding steroid dienone is 4. The maximum absolute atomic E-state index is 9.35. The molecule has 0 spiro atoms. The highest BCUT2D eigenvalue weighted by molar-refractivity contribution is 5.37. The molecule has 3 N–H and O–H groups in total. The summed E-state index contributed by atoms with van der Waals surface area (Å²) in [6.07, 6.45) is 6.93. The zero-order chi connectivity index (χ0) is 12.3. The molecule has 0 saturated heterocycles.